The number of rotatable bonds is 6. The number of furan rings is 1. The molecule has 0 aliphatic heterocycles. The molecule has 62 heavy (non-hydrogen) atoms. The molecule has 0 saturated heterocycles. The smallest absolute Gasteiger partial charge is 0.134 e. The van der Waals surface area contributed by atoms with E-state index >= 15 is 0 Å². The second kappa shape index (κ2) is 18.2. The van der Waals surface area contributed by atoms with Crippen molar-refractivity contribution in [1.29, 1.82) is 0 Å². The number of fused-ring (bicyclic) bond motifs is 3. The Labute approximate surface area is 388 Å². The summed E-state index contributed by atoms with van der Waals surface area (Å²) in [7, 11) is 7.17. The zero-order valence-electron chi connectivity index (χ0n) is 39.4. The maximum Gasteiger partial charge on any atom is 0.134 e. The van der Waals surface area contributed by atoms with E-state index in [0.29, 0.717) is 0 Å². The maximum atomic E-state index is 6.34. The van der Waals surface area contributed by atoms with E-state index < -0.39 is 8.07 Å². The third-order valence-corrected chi connectivity index (χ3v) is 15.0. The van der Waals surface area contributed by atoms with Crippen molar-refractivity contribution < 1.29 is 33.7 Å². The van der Waals surface area contributed by atoms with Gasteiger partial charge in [0.05, 0.1) is 37.4 Å². The van der Waals surface area contributed by atoms with E-state index in [4.69, 9.17) is 4.42 Å². The van der Waals surface area contributed by atoms with E-state index in [9.17, 15) is 0 Å². The molecule has 327 valence electrons. The summed E-state index contributed by atoms with van der Waals surface area (Å²) in [6.07, 6.45) is 12.6. The summed E-state index contributed by atoms with van der Waals surface area (Å²) in [6, 6.07) is 26.6. The quantitative estimate of drug-likeness (QED) is 0.0924. The van der Waals surface area contributed by atoms with Crippen LogP contribution >= 0.6 is 0 Å². The fourth-order valence-corrected chi connectivity index (χ4v) is 11.6. The topological polar surface area (TPSA) is 20.9 Å². The molecule has 0 bridgehead atoms. The third-order valence-electron chi connectivity index (χ3n) is 13.0. The molecule has 1 saturated carbocycles. The van der Waals surface area contributed by atoms with Crippen LogP contribution in [-0.4, -0.2) is 8.07 Å². The summed E-state index contributed by atoms with van der Waals surface area (Å²) in [5.74, 6) is 0.848. The van der Waals surface area contributed by atoms with Crippen molar-refractivity contribution in [1.82, 2.24) is 0 Å². The molecule has 3 aromatic heterocycles. The van der Waals surface area contributed by atoms with Gasteiger partial charge in [0.1, 0.15) is 5.58 Å². The van der Waals surface area contributed by atoms with Crippen molar-refractivity contribution in [2.24, 2.45) is 5.92 Å². The van der Waals surface area contributed by atoms with Crippen LogP contribution in [0.2, 0.25) is 19.6 Å². The van der Waals surface area contributed by atoms with Crippen LogP contribution < -0.4 is 14.3 Å². The van der Waals surface area contributed by atoms with Crippen LogP contribution in [0.15, 0.2) is 89.6 Å². The summed E-state index contributed by atoms with van der Waals surface area (Å²) >= 11 is 0. The minimum atomic E-state index is -1.43. The van der Waals surface area contributed by atoms with Gasteiger partial charge in [0, 0.05) is 45.0 Å². The zero-order chi connectivity index (χ0) is 44.1. The van der Waals surface area contributed by atoms with E-state index in [1.54, 1.807) is 10.8 Å². The molecule has 1 fully saturated rings. The molecule has 8 rings (SSSR count). The second-order valence-corrected chi connectivity index (χ2v) is 25.3. The van der Waals surface area contributed by atoms with E-state index in [1.807, 2.05) is 10.8 Å². The van der Waals surface area contributed by atoms with E-state index in [-0.39, 0.29) is 25.5 Å². The predicted molar refractivity (Wildman–Crippen MR) is 263 cm³/mol. The van der Waals surface area contributed by atoms with Gasteiger partial charge in [-0.25, -0.2) is 0 Å². The van der Waals surface area contributed by atoms with Crippen molar-refractivity contribution in [2.75, 3.05) is 0 Å². The summed E-state index contributed by atoms with van der Waals surface area (Å²) in [4.78, 5) is 0. The van der Waals surface area contributed by atoms with Crippen LogP contribution in [0.1, 0.15) is 103 Å². The normalized spacial score (nSPS) is 13.5. The van der Waals surface area contributed by atoms with Gasteiger partial charge in [0.25, 0.3) is 0 Å². The molecule has 0 N–H and O–H groups in total. The molecule has 7 aromatic rings. The Morgan fingerprint density at radius 3 is 1.89 bits per heavy atom. The molecule has 3 nitrogen and oxygen atoms in total. The Hall–Kier alpha value is -4.67. The van der Waals surface area contributed by atoms with Gasteiger partial charge in [0.2, 0.25) is 0 Å². The van der Waals surface area contributed by atoms with Crippen LogP contribution in [0.3, 0.4) is 0 Å². The average molecular weight is 1020 g/mol. The van der Waals surface area contributed by atoms with Gasteiger partial charge in [-0.15, -0.1) is 34.4 Å². The van der Waals surface area contributed by atoms with Crippen LogP contribution in [0.5, 0.6) is 0 Å². The molecular weight excluding hydrogens is 949 g/mol. The molecule has 1 aliphatic carbocycles. The van der Waals surface area contributed by atoms with Crippen LogP contribution in [0.25, 0.3) is 55.6 Å². The molecule has 0 spiro atoms. The summed E-state index contributed by atoms with van der Waals surface area (Å²) in [5.41, 5.74) is 20.2. The Morgan fingerprint density at radius 1 is 0.661 bits per heavy atom. The Balaban J connectivity index is 0.000000209. The first kappa shape index (κ1) is 46.8. The van der Waals surface area contributed by atoms with Gasteiger partial charge < -0.3 is 13.6 Å². The van der Waals surface area contributed by atoms with E-state index in [0.717, 1.165) is 50.2 Å². The molecule has 0 amide bonds. The SMILES string of the molecule is [CH2-]c1cc(C)cc(C)c1-c1cc(CC2CCCCC2)c([Si](C)(C)C)c[n+]1[CH2-].[CH2-]c1cc2oc3cc(-c4c(C)cc(C)cc4C)ccc3c2cc1-c1cc(C(C)(C)C)cc[n+]1[CH2-].[Ir]. The van der Waals surface area contributed by atoms with Crippen LogP contribution in [0.4, 0.5) is 0 Å². The molecule has 1 radical (unpaired) electrons. The number of pyridine rings is 2. The molecule has 4 aromatic carbocycles. The van der Waals surface area contributed by atoms with E-state index in [2.05, 4.69) is 187 Å². The monoisotopic (exact) mass is 1020 g/mol. The molecular formula is C57H68IrN2OSi-2. The van der Waals surface area contributed by atoms with Crippen LogP contribution in [-0.2, 0) is 31.9 Å². The fourth-order valence-electron chi connectivity index (χ4n) is 9.94. The van der Waals surface area contributed by atoms with Gasteiger partial charge in [-0.1, -0.05) is 146 Å². The second-order valence-electron chi connectivity index (χ2n) is 20.3. The molecule has 3 heterocycles. The van der Waals surface area contributed by atoms with Gasteiger partial charge >= 0.3 is 0 Å². The minimum Gasteiger partial charge on any atom is -0.469 e. The first-order valence-electron chi connectivity index (χ1n) is 22.3. The Morgan fingerprint density at radius 2 is 1.27 bits per heavy atom. The van der Waals surface area contributed by atoms with Crippen molar-refractivity contribution in [3.8, 4) is 33.6 Å². The molecule has 5 heteroatoms. The van der Waals surface area contributed by atoms with Crippen molar-refractivity contribution >= 4 is 35.2 Å². The number of aryl methyl sites for hydroxylation is 5. The molecule has 0 unspecified atom stereocenters. The number of hydrogen-bond donors (Lipinski definition) is 0. The minimum absolute atomic E-state index is 0. The van der Waals surface area contributed by atoms with Gasteiger partial charge in [0.15, 0.2) is 0 Å². The summed E-state index contributed by atoms with van der Waals surface area (Å²) in [6.45, 7) is 33.6. The van der Waals surface area contributed by atoms with Crippen molar-refractivity contribution in [2.45, 2.75) is 119 Å². The van der Waals surface area contributed by atoms with Gasteiger partial charge in [-0.3, -0.25) is 0 Å². The van der Waals surface area contributed by atoms with Crippen molar-refractivity contribution in [3.05, 3.63) is 163 Å². The Bertz CT molecular complexity index is 2730. The number of benzene rings is 4. The first-order chi connectivity index (χ1) is 28.7. The summed E-state index contributed by atoms with van der Waals surface area (Å²) < 4.78 is 10.4. The molecule has 1 aliphatic rings. The van der Waals surface area contributed by atoms with Crippen molar-refractivity contribution in [3.63, 3.8) is 0 Å². The third kappa shape index (κ3) is 9.76. The number of nitrogens with zero attached hydrogens (tertiary/aromatic N) is 2. The number of hydrogen-bond acceptors (Lipinski definition) is 1. The standard InChI is InChI=1S/C32H32NO.C25H36NSi.Ir/c1-19-13-21(3)31(22(4)14-19)23-9-10-25-27-18-26(20(2)15-29(27)34-30(25)16-23)28-17-24(32(5,6)7)11-12-33(28)8;1-18-13-19(2)25(20(3)14-18)23-16-22(15-21-11-9-8-10-12-21)24(17-26(23)4)27(5,6)7;/h9-18H,2,8H2,1,3-7H3;13-14,16-17,21H,2,4,8-12,15H2,1,3,5-7H3;/q2*-1;. The first-order valence-corrected chi connectivity index (χ1v) is 25.8. The average Bonchev–Trinajstić information content (AvgIpc) is 3.51. The van der Waals surface area contributed by atoms with Gasteiger partial charge in [-0.2, -0.15) is 31.0 Å². The zero-order valence-corrected chi connectivity index (χ0v) is 42.8. The largest absolute Gasteiger partial charge is 0.469 e. The van der Waals surface area contributed by atoms with Crippen LogP contribution in [0, 0.1) is 68.5 Å². The fraction of sp³-hybridized carbons (Fsp3) is 0.333. The van der Waals surface area contributed by atoms with Gasteiger partial charge in [-0.05, 0) is 78.1 Å². The predicted octanol–water partition coefficient (Wildman–Crippen LogP) is 14.0. The summed E-state index contributed by atoms with van der Waals surface area (Å²) in [5, 5.41) is 3.79. The molecule has 0 atom stereocenters. The Kier molecular flexibility index (Phi) is 13.7. The number of aromatic nitrogens is 2. The maximum absolute atomic E-state index is 6.34. The van der Waals surface area contributed by atoms with E-state index in [1.165, 1.54) is 94.3 Å².